The first-order chi connectivity index (χ1) is 12.6. The van der Waals surface area contributed by atoms with Crippen molar-refractivity contribution in [2.75, 3.05) is 16.6 Å². The molecule has 3 aromatic rings. The number of nitrogens with zero attached hydrogens (tertiary/aromatic N) is 1. The summed E-state index contributed by atoms with van der Waals surface area (Å²) in [6.45, 7) is -0.203. The number of amides is 1. The average Bonchev–Trinajstić information content (AvgIpc) is 3.15. The Balaban J connectivity index is 1.51. The van der Waals surface area contributed by atoms with E-state index in [-0.39, 0.29) is 18.3 Å². The highest BCUT2D eigenvalue weighted by Gasteiger charge is 2.08. The lowest BCUT2D eigenvalue weighted by Crippen LogP contribution is -2.20. The lowest BCUT2D eigenvalue weighted by molar-refractivity contribution is -0.118. The van der Waals surface area contributed by atoms with Gasteiger partial charge in [0.05, 0.1) is 4.90 Å². The highest BCUT2D eigenvalue weighted by atomic mass is 32.2. The van der Waals surface area contributed by atoms with E-state index in [1.807, 2.05) is 0 Å². The molecule has 0 saturated carbocycles. The molecule has 134 valence electrons. The zero-order valence-electron chi connectivity index (χ0n) is 13.3. The fraction of sp³-hybridized carbons (Fsp3) is 0.0588. The van der Waals surface area contributed by atoms with Crippen molar-refractivity contribution >= 4 is 39.0 Å². The van der Waals surface area contributed by atoms with E-state index < -0.39 is 11.0 Å². The number of carbonyl (C=O) groups excluding carboxylic acids is 1. The van der Waals surface area contributed by atoms with Crippen molar-refractivity contribution in [2.24, 2.45) is 0 Å². The fourth-order valence-electron chi connectivity index (χ4n) is 1.95. The molecular weight excluding hydrogens is 377 g/mol. The van der Waals surface area contributed by atoms with Gasteiger partial charge in [0.25, 0.3) is 5.91 Å². The normalized spacial score (nSPS) is 11.6. The largest absolute Gasteiger partial charge is 0.484 e. The van der Waals surface area contributed by atoms with Crippen molar-refractivity contribution < 1.29 is 18.1 Å². The predicted molar refractivity (Wildman–Crippen MR) is 99.1 cm³/mol. The third-order valence-corrected chi connectivity index (χ3v) is 5.04. The number of anilines is 2. The lowest BCUT2D eigenvalue weighted by Gasteiger charge is -2.08. The molecule has 2 N–H and O–H groups in total. The smallest absolute Gasteiger partial charge is 0.262 e. The molecular formula is C17H14FN3O3S2. The van der Waals surface area contributed by atoms with Crippen LogP contribution in [0.5, 0.6) is 5.75 Å². The molecule has 1 heterocycles. The minimum Gasteiger partial charge on any atom is -0.484 e. The van der Waals surface area contributed by atoms with E-state index >= 15 is 0 Å². The Morgan fingerprint density at radius 1 is 1.15 bits per heavy atom. The number of carbonyl (C=O) groups is 1. The van der Waals surface area contributed by atoms with Gasteiger partial charge in [-0.15, -0.1) is 11.3 Å². The van der Waals surface area contributed by atoms with Gasteiger partial charge in [-0.3, -0.25) is 9.52 Å². The van der Waals surface area contributed by atoms with Gasteiger partial charge in [-0.05, 0) is 48.5 Å². The predicted octanol–water partition coefficient (Wildman–Crippen LogP) is 3.43. The molecule has 1 amide bonds. The Morgan fingerprint density at radius 2 is 1.88 bits per heavy atom. The van der Waals surface area contributed by atoms with Crippen molar-refractivity contribution in [2.45, 2.75) is 4.90 Å². The molecule has 0 spiro atoms. The molecule has 2 aromatic carbocycles. The van der Waals surface area contributed by atoms with Gasteiger partial charge in [0.15, 0.2) is 22.7 Å². The van der Waals surface area contributed by atoms with Gasteiger partial charge >= 0.3 is 0 Å². The molecule has 0 fully saturated rings. The zero-order valence-corrected chi connectivity index (χ0v) is 15.0. The molecule has 0 radical (unpaired) electrons. The van der Waals surface area contributed by atoms with Gasteiger partial charge in [-0.1, -0.05) is 0 Å². The first-order valence-electron chi connectivity index (χ1n) is 7.46. The van der Waals surface area contributed by atoms with Crippen molar-refractivity contribution in [3.63, 3.8) is 0 Å². The van der Waals surface area contributed by atoms with Crippen molar-refractivity contribution in [1.82, 2.24) is 4.98 Å². The number of rotatable bonds is 7. The Labute approximate surface area is 155 Å². The zero-order chi connectivity index (χ0) is 18.4. The number of nitrogens with one attached hydrogen (secondary N) is 2. The van der Waals surface area contributed by atoms with E-state index in [4.69, 9.17) is 4.74 Å². The summed E-state index contributed by atoms with van der Waals surface area (Å²) in [6.07, 6.45) is 1.62. The van der Waals surface area contributed by atoms with Crippen molar-refractivity contribution in [3.8, 4) is 5.75 Å². The van der Waals surface area contributed by atoms with Crippen LogP contribution in [0.15, 0.2) is 65.0 Å². The van der Waals surface area contributed by atoms with Crippen LogP contribution in [0.4, 0.5) is 15.2 Å². The van der Waals surface area contributed by atoms with Gasteiger partial charge in [-0.2, -0.15) is 0 Å². The van der Waals surface area contributed by atoms with Crippen LogP contribution in [-0.2, 0) is 15.8 Å². The van der Waals surface area contributed by atoms with E-state index in [9.17, 15) is 13.4 Å². The summed E-state index contributed by atoms with van der Waals surface area (Å²) in [6, 6.07) is 12.0. The molecule has 0 aliphatic carbocycles. The number of hydrogen-bond donors (Lipinski definition) is 2. The maximum absolute atomic E-state index is 12.8. The maximum Gasteiger partial charge on any atom is 0.262 e. The average molecular weight is 391 g/mol. The first kappa shape index (κ1) is 18.0. The third-order valence-electron chi connectivity index (χ3n) is 3.15. The minimum atomic E-state index is -1.43. The van der Waals surface area contributed by atoms with Crippen LogP contribution in [0.3, 0.4) is 0 Å². The van der Waals surface area contributed by atoms with E-state index in [1.165, 1.54) is 35.6 Å². The molecule has 6 nitrogen and oxygen atoms in total. The molecule has 9 heteroatoms. The van der Waals surface area contributed by atoms with Crippen LogP contribution in [-0.4, -0.2) is 21.7 Å². The number of halogens is 1. The molecule has 0 saturated heterocycles. The van der Waals surface area contributed by atoms with Gasteiger partial charge in [0.2, 0.25) is 0 Å². The Kier molecular flexibility index (Phi) is 5.92. The number of hydrogen-bond acceptors (Lipinski definition) is 5. The second-order valence-corrected chi connectivity index (χ2v) is 7.13. The summed E-state index contributed by atoms with van der Waals surface area (Å²) in [5.74, 6) is -0.326. The quantitative estimate of drug-likeness (QED) is 0.647. The molecule has 1 unspecified atom stereocenters. The van der Waals surface area contributed by atoms with Crippen LogP contribution < -0.4 is 14.8 Å². The Morgan fingerprint density at radius 3 is 2.54 bits per heavy atom. The van der Waals surface area contributed by atoms with Crippen LogP contribution >= 0.6 is 11.3 Å². The summed E-state index contributed by atoms with van der Waals surface area (Å²) in [4.78, 5) is 16.5. The summed E-state index contributed by atoms with van der Waals surface area (Å²) in [5, 5.41) is 5.02. The van der Waals surface area contributed by atoms with Crippen LogP contribution in [0.1, 0.15) is 0 Å². The van der Waals surface area contributed by atoms with Gasteiger partial charge in [0.1, 0.15) is 11.6 Å². The summed E-state index contributed by atoms with van der Waals surface area (Å²) >= 11 is 1.35. The second kappa shape index (κ2) is 8.54. The maximum atomic E-state index is 12.8. The monoisotopic (exact) mass is 391 g/mol. The van der Waals surface area contributed by atoms with E-state index in [2.05, 4.69) is 15.0 Å². The van der Waals surface area contributed by atoms with Crippen LogP contribution in [0.2, 0.25) is 0 Å². The third kappa shape index (κ3) is 5.11. The molecule has 1 aromatic heterocycles. The standard InChI is InChI=1S/C17H14FN3O3S2/c18-12-1-5-14(6-2-12)24-11-16(22)20-13-3-7-15(8-4-13)26(23)21-17-19-9-10-25-17/h1-10H,11H2,(H,19,21)(H,20,22). The number of thiazole rings is 1. The molecule has 0 aliphatic heterocycles. The van der Waals surface area contributed by atoms with Crippen LogP contribution in [0.25, 0.3) is 0 Å². The first-order valence-corrected chi connectivity index (χ1v) is 9.49. The highest BCUT2D eigenvalue weighted by molar-refractivity contribution is 7.86. The van der Waals surface area contributed by atoms with E-state index in [0.717, 1.165) is 0 Å². The minimum absolute atomic E-state index is 0.203. The second-order valence-electron chi connectivity index (χ2n) is 5.02. The highest BCUT2D eigenvalue weighted by Crippen LogP contribution is 2.17. The lowest BCUT2D eigenvalue weighted by atomic mass is 10.3. The van der Waals surface area contributed by atoms with Crippen LogP contribution in [0, 0.1) is 5.82 Å². The topological polar surface area (TPSA) is 80.3 Å². The molecule has 0 aliphatic rings. The van der Waals surface area contributed by atoms with Crippen molar-refractivity contribution in [3.05, 3.63) is 65.9 Å². The SMILES string of the molecule is O=C(COc1ccc(F)cc1)Nc1ccc(S(=O)Nc2nccs2)cc1. The van der Waals surface area contributed by atoms with Gasteiger partial charge < -0.3 is 10.1 Å². The summed E-state index contributed by atoms with van der Waals surface area (Å²) < 4.78 is 33.0. The molecule has 3 rings (SSSR count). The van der Waals surface area contributed by atoms with Crippen molar-refractivity contribution in [1.29, 1.82) is 0 Å². The summed E-state index contributed by atoms with van der Waals surface area (Å²) in [7, 11) is -1.43. The van der Waals surface area contributed by atoms with E-state index in [1.54, 1.807) is 35.8 Å². The molecule has 26 heavy (non-hydrogen) atoms. The van der Waals surface area contributed by atoms with Gasteiger partial charge in [-0.25, -0.2) is 13.6 Å². The number of ether oxygens (including phenoxy) is 1. The van der Waals surface area contributed by atoms with E-state index in [0.29, 0.717) is 21.5 Å². The number of benzene rings is 2. The fourth-order valence-corrected chi connectivity index (χ4v) is 3.45. The summed E-state index contributed by atoms with van der Waals surface area (Å²) in [5.41, 5.74) is 0.549. The Bertz CT molecular complexity index is 885. The molecule has 1 atom stereocenters. The van der Waals surface area contributed by atoms with Gasteiger partial charge in [0, 0.05) is 17.3 Å². The number of aromatic nitrogens is 1. The molecule has 0 bridgehead atoms. The Hall–Kier alpha value is -2.78.